The highest BCUT2D eigenvalue weighted by atomic mass is 32.1. The Hall–Kier alpha value is -1.99. The molecule has 0 unspecified atom stereocenters. The highest BCUT2D eigenvalue weighted by Crippen LogP contribution is 2.25. The number of aromatic nitrogens is 4. The number of aryl methyl sites for hydroxylation is 4. The Bertz CT molecular complexity index is 952. The molecule has 0 saturated heterocycles. The Labute approximate surface area is 151 Å². The SMILES string of the molecule is Cc1cc(C)n(C[C@@H](C)NCCc2nc3sc(C)c(C)c3c(=O)[nH]2)n1. The van der Waals surface area contributed by atoms with Crippen molar-refractivity contribution in [1.29, 1.82) is 0 Å². The van der Waals surface area contributed by atoms with Gasteiger partial charge in [-0.15, -0.1) is 11.3 Å². The lowest BCUT2D eigenvalue weighted by Crippen LogP contribution is -2.33. The van der Waals surface area contributed by atoms with Crippen LogP contribution in [0, 0.1) is 27.7 Å². The van der Waals surface area contributed by atoms with Gasteiger partial charge in [-0.3, -0.25) is 9.48 Å². The van der Waals surface area contributed by atoms with Gasteiger partial charge >= 0.3 is 0 Å². The number of nitrogens with zero attached hydrogens (tertiary/aromatic N) is 3. The first-order chi connectivity index (χ1) is 11.8. The first-order valence-corrected chi connectivity index (χ1v) is 9.40. The quantitative estimate of drug-likeness (QED) is 0.709. The van der Waals surface area contributed by atoms with Crippen LogP contribution in [0.1, 0.15) is 34.6 Å². The largest absolute Gasteiger partial charge is 0.312 e. The van der Waals surface area contributed by atoms with E-state index in [-0.39, 0.29) is 5.56 Å². The number of thiophene rings is 1. The topological polar surface area (TPSA) is 75.6 Å². The number of aromatic amines is 1. The van der Waals surface area contributed by atoms with Gasteiger partial charge in [0, 0.05) is 29.6 Å². The van der Waals surface area contributed by atoms with E-state index in [2.05, 4.69) is 40.3 Å². The average Bonchev–Trinajstić information content (AvgIpc) is 2.98. The summed E-state index contributed by atoms with van der Waals surface area (Å²) in [5, 5.41) is 8.71. The lowest BCUT2D eigenvalue weighted by atomic mass is 10.2. The van der Waals surface area contributed by atoms with Crippen LogP contribution in [0.25, 0.3) is 10.2 Å². The van der Waals surface area contributed by atoms with Crippen LogP contribution in [0.5, 0.6) is 0 Å². The Morgan fingerprint density at radius 1 is 1.32 bits per heavy atom. The van der Waals surface area contributed by atoms with E-state index in [0.717, 1.165) is 45.3 Å². The molecule has 7 heteroatoms. The van der Waals surface area contributed by atoms with Gasteiger partial charge < -0.3 is 10.3 Å². The van der Waals surface area contributed by atoms with Gasteiger partial charge in [-0.1, -0.05) is 0 Å². The number of H-pyrrole nitrogens is 1. The summed E-state index contributed by atoms with van der Waals surface area (Å²) in [6.45, 7) is 11.8. The third-order valence-corrected chi connectivity index (χ3v) is 5.59. The average molecular weight is 359 g/mol. The fourth-order valence-corrected chi connectivity index (χ4v) is 4.09. The summed E-state index contributed by atoms with van der Waals surface area (Å²) in [7, 11) is 0. The van der Waals surface area contributed by atoms with Gasteiger partial charge in [0.1, 0.15) is 10.7 Å². The lowest BCUT2D eigenvalue weighted by molar-refractivity contribution is 0.445. The Morgan fingerprint density at radius 2 is 2.08 bits per heavy atom. The fourth-order valence-electron chi connectivity index (χ4n) is 3.04. The van der Waals surface area contributed by atoms with Crippen molar-refractivity contribution in [2.45, 2.75) is 53.6 Å². The molecule has 0 fully saturated rings. The highest BCUT2D eigenvalue weighted by Gasteiger charge is 2.12. The van der Waals surface area contributed by atoms with Crippen LogP contribution in [-0.4, -0.2) is 32.3 Å². The van der Waals surface area contributed by atoms with Crippen molar-refractivity contribution in [3.05, 3.63) is 44.1 Å². The van der Waals surface area contributed by atoms with E-state index in [0.29, 0.717) is 12.5 Å². The molecule has 0 amide bonds. The molecular formula is C18H25N5OS. The summed E-state index contributed by atoms with van der Waals surface area (Å²) in [6, 6.07) is 2.38. The molecule has 2 N–H and O–H groups in total. The fraction of sp³-hybridized carbons (Fsp3) is 0.500. The molecule has 1 atom stereocenters. The molecule has 6 nitrogen and oxygen atoms in total. The van der Waals surface area contributed by atoms with E-state index >= 15 is 0 Å². The van der Waals surface area contributed by atoms with Crippen molar-refractivity contribution < 1.29 is 0 Å². The molecule has 3 rings (SSSR count). The van der Waals surface area contributed by atoms with Gasteiger partial charge in [-0.05, 0) is 46.2 Å². The van der Waals surface area contributed by atoms with Crippen molar-refractivity contribution in [2.75, 3.05) is 6.54 Å². The zero-order chi connectivity index (χ0) is 18.1. The first-order valence-electron chi connectivity index (χ1n) is 8.58. The minimum absolute atomic E-state index is 0.0301. The lowest BCUT2D eigenvalue weighted by Gasteiger charge is -2.14. The molecule has 0 spiro atoms. The molecule has 25 heavy (non-hydrogen) atoms. The van der Waals surface area contributed by atoms with Gasteiger partial charge in [0.05, 0.1) is 17.6 Å². The summed E-state index contributed by atoms with van der Waals surface area (Å²) < 4.78 is 2.02. The maximum Gasteiger partial charge on any atom is 0.259 e. The van der Waals surface area contributed by atoms with E-state index in [1.807, 2.05) is 25.5 Å². The van der Waals surface area contributed by atoms with Gasteiger partial charge in [0.25, 0.3) is 5.56 Å². The summed E-state index contributed by atoms with van der Waals surface area (Å²) >= 11 is 1.59. The van der Waals surface area contributed by atoms with Crippen LogP contribution >= 0.6 is 11.3 Å². The normalized spacial score (nSPS) is 12.8. The van der Waals surface area contributed by atoms with E-state index in [9.17, 15) is 4.79 Å². The predicted octanol–water partition coefficient (Wildman–Crippen LogP) is 2.64. The minimum Gasteiger partial charge on any atom is -0.312 e. The van der Waals surface area contributed by atoms with Crippen molar-refractivity contribution in [3.63, 3.8) is 0 Å². The van der Waals surface area contributed by atoms with E-state index in [4.69, 9.17) is 0 Å². The van der Waals surface area contributed by atoms with Gasteiger partial charge in [-0.25, -0.2) is 4.98 Å². The van der Waals surface area contributed by atoms with Crippen LogP contribution in [0.4, 0.5) is 0 Å². The van der Waals surface area contributed by atoms with Crippen molar-refractivity contribution >= 4 is 21.6 Å². The Balaban J connectivity index is 1.61. The van der Waals surface area contributed by atoms with E-state index in [1.54, 1.807) is 11.3 Å². The second-order valence-electron chi connectivity index (χ2n) is 6.69. The Morgan fingerprint density at radius 3 is 2.76 bits per heavy atom. The van der Waals surface area contributed by atoms with Gasteiger partial charge in [-0.2, -0.15) is 5.10 Å². The summed E-state index contributed by atoms with van der Waals surface area (Å²) in [6.07, 6.45) is 0.697. The van der Waals surface area contributed by atoms with Gasteiger partial charge in [0.15, 0.2) is 0 Å². The van der Waals surface area contributed by atoms with Crippen molar-refractivity contribution in [2.24, 2.45) is 0 Å². The first kappa shape index (κ1) is 17.8. The second kappa shape index (κ2) is 7.09. The molecule has 0 radical (unpaired) electrons. The van der Waals surface area contributed by atoms with Crippen molar-refractivity contribution in [1.82, 2.24) is 25.1 Å². The van der Waals surface area contributed by atoms with E-state index < -0.39 is 0 Å². The minimum atomic E-state index is -0.0301. The molecule has 134 valence electrons. The number of nitrogens with one attached hydrogen (secondary N) is 2. The van der Waals surface area contributed by atoms with Crippen LogP contribution in [-0.2, 0) is 13.0 Å². The van der Waals surface area contributed by atoms with E-state index in [1.165, 1.54) is 5.69 Å². The molecule has 0 saturated carbocycles. The van der Waals surface area contributed by atoms with Gasteiger partial charge in [0.2, 0.25) is 0 Å². The summed E-state index contributed by atoms with van der Waals surface area (Å²) in [4.78, 5) is 21.8. The molecule has 0 aliphatic heterocycles. The number of fused-ring (bicyclic) bond motifs is 1. The number of rotatable bonds is 6. The standard InChI is InChI=1S/C18H25N5OS/c1-10-8-12(3)23(22-10)9-11(2)19-7-6-15-20-17(24)16-13(4)14(5)25-18(16)21-15/h8,11,19H,6-7,9H2,1-5H3,(H,20,21,24)/t11-/m1/s1. The molecule has 0 aromatic carbocycles. The summed E-state index contributed by atoms with van der Waals surface area (Å²) in [5.41, 5.74) is 3.22. The zero-order valence-corrected chi connectivity index (χ0v) is 16.3. The van der Waals surface area contributed by atoms with Crippen LogP contribution < -0.4 is 10.9 Å². The molecule has 0 aliphatic rings. The zero-order valence-electron chi connectivity index (χ0n) is 15.4. The third kappa shape index (κ3) is 3.82. The Kier molecular flexibility index (Phi) is 5.06. The smallest absolute Gasteiger partial charge is 0.259 e. The molecule has 3 aromatic rings. The number of hydrogen-bond donors (Lipinski definition) is 2. The highest BCUT2D eigenvalue weighted by molar-refractivity contribution is 7.18. The molecular weight excluding hydrogens is 334 g/mol. The molecule has 3 aromatic heterocycles. The maximum absolute atomic E-state index is 12.3. The maximum atomic E-state index is 12.3. The molecule has 0 aliphatic carbocycles. The number of hydrogen-bond acceptors (Lipinski definition) is 5. The monoisotopic (exact) mass is 359 g/mol. The second-order valence-corrected chi connectivity index (χ2v) is 7.89. The molecule has 0 bridgehead atoms. The van der Waals surface area contributed by atoms with Crippen LogP contribution in [0.3, 0.4) is 0 Å². The van der Waals surface area contributed by atoms with Crippen molar-refractivity contribution in [3.8, 4) is 0 Å². The predicted molar refractivity (Wildman–Crippen MR) is 103 cm³/mol. The van der Waals surface area contributed by atoms with Crippen LogP contribution in [0.15, 0.2) is 10.9 Å². The third-order valence-electron chi connectivity index (χ3n) is 4.49. The molecule has 3 heterocycles. The van der Waals surface area contributed by atoms with Crippen LogP contribution in [0.2, 0.25) is 0 Å². The summed E-state index contributed by atoms with van der Waals surface area (Å²) in [5.74, 6) is 0.740.